The van der Waals surface area contributed by atoms with Crippen molar-refractivity contribution in [1.82, 2.24) is 0 Å². The fraction of sp³-hybridized carbons (Fsp3) is 0.357. The van der Waals surface area contributed by atoms with E-state index < -0.39 is 0 Å². The van der Waals surface area contributed by atoms with Gasteiger partial charge in [-0.15, -0.1) is 0 Å². The molecule has 1 saturated carbocycles. The second kappa shape index (κ2) is 6.38. The molecule has 0 radical (unpaired) electrons. The summed E-state index contributed by atoms with van der Waals surface area (Å²) < 4.78 is 9.54. The smallest absolute Gasteiger partial charge is 0.315 e. The molecule has 0 spiro atoms. The first-order valence-corrected chi connectivity index (χ1v) is 10.3. The number of rotatable bonds is 2. The maximum atomic E-state index is 12.5. The molecule has 112 valence electrons. The molecule has 1 fully saturated rings. The van der Waals surface area contributed by atoms with Gasteiger partial charge in [-0.2, -0.15) is 0 Å². The Morgan fingerprint density at radius 3 is 1.95 bits per heavy atom. The zero-order valence-corrected chi connectivity index (χ0v) is 18.4. The van der Waals surface area contributed by atoms with Crippen molar-refractivity contribution in [1.29, 1.82) is 0 Å². The lowest BCUT2D eigenvalue weighted by molar-refractivity contribution is -0.139. The summed E-state index contributed by atoms with van der Waals surface area (Å²) in [5.41, 5.74) is 0. The van der Waals surface area contributed by atoms with Gasteiger partial charge in [0.1, 0.15) is 0 Å². The fourth-order valence-corrected chi connectivity index (χ4v) is 6.07. The van der Waals surface area contributed by atoms with Crippen LogP contribution in [0.5, 0.6) is 5.75 Å². The summed E-state index contributed by atoms with van der Waals surface area (Å²) in [6.45, 7) is 0. The Morgan fingerprint density at radius 2 is 1.48 bits per heavy atom. The number of hydrogen-bond donors (Lipinski definition) is 0. The predicted octanol–water partition coefficient (Wildman–Crippen LogP) is 6.62. The van der Waals surface area contributed by atoms with Crippen LogP contribution in [0.1, 0.15) is 12.8 Å². The van der Waals surface area contributed by atoms with Crippen molar-refractivity contribution in [2.24, 2.45) is 17.8 Å². The lowest BCUT2D eigenvalue weighted by Gasteiger charge is -2.19. The van der Waals surface area contributed by atoms with Crippen LogP contribution in [0.15, 0.2) is 34.5 Å². The second-order valence-electron chi connectivity index (χ2n) is 5.21. The zero-order valence-electron chi connectivity index (χ0n) is 10.5. The van der Waals surface area contributed by atoms with Crippen LogP contribution in [0, 0.1) is 17.8 Å². The second-order valence-corrected chi connectivity index (χ2v) is 9.17. The molecule has 2 aliphatic rings. The molecule has 21 heavy (non-hydrogen) atoms. The average Bonchev–Trinajstić information content (AvgIpc) is 3.10. The summed E-state index contributed by atoms with van der Waals surface area (Å²) in [6.07, 6.45) is 6.34. The van der Waals surface area contributed by atoms with Gasteiger partial charge in [0, 0.05) is 4.47 Å². The molecule has 1 aromatic carbocycles. The molecule has 1 aromatic rings. The number of allylic oxidation sites excluding steroid dienone is 2. The molecule has 0 N–H and O–H groups in total. The largest absolute Gasteiger partial charge is 0.424 e. The Bertz CT molecular complexity index is 626. The third-order valence-corrected chi connectivity index (χ3v) is 9.97. The maximum absolute atomic E-state index is 12.5. The van der Waals surface area contributed by atoms with Gasteiger partial charge in [0.25, 0.3) is 0 Å². The van der Waals surface area contributed by atoms with Gasteiger partial charge in [-0.3, -0.25) is 4.79 Å². The van der Waals surface area contributed by atoms with Crippen molar-refractivity contribution in [3.63, 3.8) is 0 Å². The number of fused-ring (bicyclic) bond motifs is 2. The van der Waals surface area contributed by atoms with Gasteiger partial charge in [0.2, 0.25) is 0 Å². The summed E-state index contributed by atoms with van der Waals surface area (Å²) in [7, 11) is 0. The number of esters is 1. The third kappa shape index (κ3) is 2.97. The van der Waals surface area contributed by atoms with E-state index in [1.807, 2.05) is 0 Å². The van der Waals surface area contributed by atoms with E-state index >= 15 is 0 Å². The van der Waals surface area contributed by atoms with Crippen LogP contribution in [-0.4, -0.2) is 5.97 Å². The Balaban J connectivity index is 1.89. The SMILES string of the molecule is O=C(Oc1c(Br)c(Br)c(Br)c(Br)c1Br)C1CC2C=CC1C2. The monoisotopic (exact) mass is 604 g/mol. The van der Waals surface area contributed by atoms with E-state index in [4.69, 9.17) is 4.74 Å². The number of hydrogen-bond acceptors (Lipinski definition) is 2. The van der Waals surface area contributed by atoms with Gasteiger partial charge in [0.15, 0.2) is 5.75 Å². The molecule has 7 heteroatoms. The molecular formula is C14H9Br5O2. The van der Waals surface area contributed by atoms with Gasteiger partial charge < -0.3 is 4.74 Å². The highest BCUT2D eigenvalue weighted by atomic mass is 79.9. The van der Waals surface area contributed by atoms with E-state index in [1.54, 1.807) is 0 Å². The normalized spacial score (nSPS) is 26.4. The van der Waals surface area contributed by atoms with Crippen molar-refractivity contribution >= 4 is 85.6 Å². The van der Waals surface area contributed by atoms with Crippen LogP contribution in [-0.2, 0) is 4.79 Å². The minimum atomic E-state index is -0.158. The molecule has 3 unspecified atom stereocenters. The van der Waals surface area contributed by atoms with Gasteiger partial charge in [0.05, 0.1) is 23.8 Å². The van der Waals surface area contributed by atoms with E-state index in [2.05, 4.69) is 91.8 Å². The quantitative estimate of drug-likeness (QED) is 0.124. The third-order valence-electron chi connectivity index (χ3n) is 3.95. The predicted molar refractivity (Wildman–Crippen MR) is 99.4 cm³/mol. The molecule has 0 heterocycles. The molecule has 3 rings (SSSR count). The lowest BCUT2D eigenvalue weighted by Crippen LogP contribution is -2.24. The lowest BCUT2D eigenvalue weighted by atomic mass is 9.94. The highest BCUT2D eigenvalue weighted by Gasteiger charge is 2.41. The van der Waals surface area contributed by atoms with Gasteiger partial charge in [-0.1, -0.05) is 12.2 Å². The summed E-state index contributed by atoms with van der Waals surface area (Å²) >= 11 is 17.4. The van der Waals surface area contributed by atoms with Crippen molar-refractivity contribution in [2.75, 3.05) is 0 Å². The van der Waals surface area contributed by atoms with E-state index in [0.717, 1.165) is 26.3 Å². The highest BCUT2D eigenvalue weighted by Crippen LogP contribution is 2.50. The molecule has 0 aliphatic heterocycles. The fourth-order valence-electron chi connectivity index (χ4n) is 2.90. The van der Waals surface area contributed by atoms with Crippen LogP contribution >= 0.6 is 79.6 Å². The van der Waals surface area contributed by atoms with Crippen molar-refractivity contribution in [3.05, 3.63) is 34.5 Å². The molecule has 0 amide bonds. The number of benzene rings is 1. The molecule has 2 nitrogen and oxygen atoms in total. The van der Waals surface area contributed by atoms with E-state index in [0.29, 0.717) is 26.5 Å². The Labute approximate surface area is 164 Å². The van der Waals surface area contributed by atoms with Crippen molar-refractivity contribution < 1.29 is 9.53 Å². The van der Waals surface area contributed by atoms with Gasteiger partial charge in [-0.25, -0.2) is 0 Å². The maximum Gasteiger partial charge on any atom is 0.315 e. The van der Waals surface area contributed by atoms with Crippen LogP contribution < -0.4 is 4.74 Å². The number of carbonyl (C=O) groups excluding carboxylic acids is 1. The van der Waals surface area contributed by atoms with Crippen LogP contribution in [0.25, 0.3) is 0 Å². The first-order chi connectivity index (χ1) is 9.90. The van der Waals surface area contributed by atoms with Gasteiger partial charge in [-0.05, 0) is 104 Å². The first-order valence-electron chi connectivity index (χ1n) is 6.31. The van der Waals surface area contributed by atoms with Crippen LogP contribution in [0.2, 0.25) is 0 Å². The Hall–Kier alpha value is 0.830. The molecule has 2 aliphatic carbocycles. The van der Waals surface area contributed by atoms with E-state index in [1.165, 1.54) is 0 Å². The minimum absolute atomic E-state index is 0.0278. The summed E-state index contributed by atoms with van der Waals surface area (Å²) in [6, 6.07) is 0. The molecule has 0 aromatic heterocycles. The number of carbonyl (C=O) groups is 1. The Kier molecular flexibility index (Phi) is 5.07. The molecular weight excluding hydrogens is 600 g/mol. The first kappa shape index (κ1) is 16.7. The number of ether oxygens (including phenoxy) is 1. The highest BCUT2D eigenvalue weighted by molar-refractivity contribution is 9.15. The van der Waals surface area contributed by atoms with Crippen LogP contribution in [0.4, 0.5) is 0 Å². The van der Waals surface area contributed by atoms with Crippen molar-refractivity contribution in [3.8, 4) is 5.75 Å². The summed E-state index contributed by atoms with van der Waals surface area (Å²) in [5.74, 6) is 1.19. The van der Waals surface area contributed by atoms with E-state index in [9.17, 15) is 4.79 Å². The minimum Gasteiger partial charge on any atom is -0.424 e. The molecule has 2 bridgehead atoms. The molecule has 0 saturated heterocycles. The zero-order chi connectivity index (χ0) is 15.3. The van der Waals surface area contributed by atoms with Gasteiger partial charge >= 0.3 is 5.97 Å². The van der Waals surface area contributed by atoms with Crippen molar-refractivity contribution in [2.45, 2.75) is 12.8 Å². The number of halogens is 5. The standard InChI is InChI=1S/C14H9Br5O2/c15-8-9(16)11(18)13(12(19)10(8)17)21-14(20)7-4-5-1-2-6(7)3-5/h1-2,5-7H,3-4H2. The summed E-state index contributed by atoms with van der Waals surface area (Å²) in [4.78, 5) is 12.5. The summed E-state index contributed by atoms with van der Waals surface area (Å²) in [5, 5.41) is 0. The topological polar surface area (TPSA) is 26.3 Å². The molecule has 3 atom stereocenters. The Morgan fingerprint density at radius 1 is 0.905 bits per heavy atom. The average molecular weight is 609 g/mol. The van der Waals surface area contributed by atoms with E-state index in [-0.39, 0.29) is 11.9 Å². The van der Waals surface area contributed by atoms with Crippen LogP contribution in [0.3, 0.4) is 0 Å².